The van der Waals surface area contributed by atoms with E-state index in [9.17, 15) is 0 Å². The van der Waals surface area contributed by atoms with Crippen molar-refractivity contribution in [2.24, 2.45) is 5.92 Å². The minimum Gasteiger partial charge on any atom is -0.311 e. The Kier molecular flexibility index (Phi) is 3.12. The molecule has 1 aromatic heterocycles. The third kappa shape index (κ3) is 2.23. The Morgan fingerprint density at radius 1 is 1.60 bits per heavy atom. The van der Waals surface area contributed by atoms with Crippen LogP contribution in [-0.2, 0) is 6.42 Å². The van der Waals surface area contributed by atoms with Gasteiger partial charge in [-0.25, -0.2) is 4.98 Å². The Bertz CT molecular complexity index is 324. The summed E-state index contributed by atoms with van der Waals surface area (Å²) in [5, 5.41) is 7.08. The highest BCUT2D eigenvalue weighted by atomic mass is 32.1. The van der Waals surface area contributed by atoms with E-state index in [0.29, 0.717) is 11.5 Å². The Hall–Kier alpha value is -0.410. The van der Waals surface area contributed by atoms with Gasteiger partial charge in [0.15, 0.2) is 0 Å². The van der Waals surface area contributed by atoms with Crippen molar-refractivity contribution in [3.05, 3.63) is 16.1 Å². The van der Waals surface area contributed by atoms with E-state index in [1.807, 2.05) is 0 Å². The first-order valence-electron chi connectivity index (χ1n) is 5.78. The summed E-state index contributed by atoms with van der Waals surface area (Å²) in [5.74, 6) is 0.682. The summed E-state index contributed by atoms with van der Waals surface area (Å²) in [7, 11) is 0. The molecule has 1 aromatic rings. The van der Waals surface area contributed by atoms with Gasteiger partial charge in [-0.3, -0.25) is 0 Å². The molecular formula is C12H20N2S. The van der Waals surface area contributed by atoms with Gasteiger partial charge in [-0.15, -0.1) is 11.3 Å². The summed E-state index contributed by atoms with van der Waals surface area (Å²) >= 11 is 1.76. The van der Waals surface area contributed by atoms with Gasteiger partial charge in [0.1, 0.15) is 0 Å². The number of aryl methyl sites for hydroxylation is 1. The van der Waals surface area contributed by atoms with Gasteiger partial charge in [-0.05, 0) is 32.2 Å². The fourth-order valence-electron chi connectivity index (χ4n) is 2.49. The van der Waals surface area contributed by atoms with E-state index in [2.05, 4.69) is 36.5 Å². The number of thiazole rings is 1. The van der Waals surface area contributed by atoms with Gasteiger partial charge in [-0.1, -0.05) is 13.8 Å². The number of rotatable bonds is 3. The summed E-state index contributed by atoms with van der Waals surface area (Å²) in [6.45, 7) is 7.88. The molecule has 1 aliphatic heterocycles. The molecule has 0 aliphatic carbocycles. The topological polar surface area (TPSA) is 24.9 Å². The second-order valence-corrected chi connectivity index (χ2v) is 5.94. The monoisotopic (exact) mass is 224 g/mol. The van der Waals surface area contributed by atoms with Gasteiger partial charge in [0.2, 0.25) is 0 Å². The molecule has 0 saturated carbocycles. The van der Waals surface area contributed by atoms with Crippen molar-refractivity contribution in [3.63, 3.8) is 0 Å². The fourth-order valence-corrected chi connectivity index (χ4v) is 3.10. The Morgan fingerprint density at radius 3 is 2.87 bits per heavy atom. The number of aromatic nitrogens is 1. The number of hydrogen-bond acceptors (Lipinski definition) is 3. The molecule has 1 saturated heterocycles. The van der Waals surface area contributed by atoms with Gasteiger partial charge in [0.25, 0.3) is 0 Å². The molecule has 0 bridgehead atoms. The third-order valence-corrected chi connectivity index (χ3v) is 4.37. The standard InChI is InChI=1S/C12H20N2S/c1-9(2)12(5-4-6-13-12)7-11-8-15-10(3)14-11/h8-9,13H,4-7H2,1-3H3. The van der Waals surface area contributed by atoms with Crippen molar-refractivity contribution in [1.29, 1.82) is 0 Å². The van der Waals surface area contributed by atoms with E-state index in [0.717, 1.165) is 6.42 Å². The van der Waals surface area contributed by atoms with E-state index < -0.39 is 0 Å². The Balaban J connectivity index is 2.13. The van der Waals surface area contributed by atoms with Crippen LogP contribution in [0, 0.1) is 12.8 Å². The number of hydrogen-bond donors (Lipinski definition) is 1. The molecular weight excluding hydrogens is 204 g/mol. The molecule has 0 amide bonds. The number of nitrogens with zero attached hydrogens (tertiary/aromatic N) is 1. The molecule has 15 heavy (non-hydrogen) atoms. The van der Waals surface area contributed by atoms with Crippen LogP contribution >= 0.6 is 11.3 Å². The molecule has 0 radical (unpaired) electrons. The van der Waals surface area contributed by atoms with Crippen LogP contribution in [0.3, 0.4) is 0 Å². The zero-order valence-electron chi connectivity index (χ0n) is 9.84. The van der Waals surface area contributed by atoms with Crippen molar-refractivity contribution in [3.8, 4) is 0 Å². The van der Waals surface area contributed by atoms with Crippen LogP contribution in [0.1, 0.15) is 37.4 Å². The minimum absolute atomic E-state index is 0.306. The highest BCUT2D eigenvalue weighted by Crippen LogP contribution is 2.31. The Morgan fingerprint density at radius 2 is 2.40 bits per heavy atom. The highest BCUT2D eigenvalue weighted by molar-refractivity contribution is 7.09. The smallest absolute Gasteiger partial charge is 0.0897 e. The molecule has 1 unspecified atom stereocenters. The molecule has 2 heterocycles. The molecule has 0 aromatic carbocycles. The molecule has 2 nitrogen and oxygen atoms in total. The fraction of sp³-hybridized carbons (Fsp3) is 0.750. The second kappa shape index (κ2) is 4.22. The number of nitrogens with one attached hydrogen (secondary N) is 1. The van der Waals surface area contributed by atoms with Crippen LogP contribution < -0.4 is 5.32 Å². The lowest BCUT2D eigenvalue weighted by Gasteiger charge is -2.33. The van der Waals surface area contributed by atoms with E-state index in [1.165, 1.54) is 30.1 Å². The average molecular weight is 224 g/mol. The van der Waals surface area contributed by atoms with Crippen molar-refractivity contribution < 1.29 is 0 Å². The summed E-state index contributed by atoms with van der Waals surface area (Å²) in [5.41, 5.74) is 1.57. The predicted octanol–water partition coefficient (Wildman–Crippen LogP) is 2.77. The van der Waals surface area contributed by atoms with E-state index in [4.69, 9.17) is 0 Å². The molecule has 1 N–H and O–H groups in total. The van der Waals surface area contributed by atoms with E-state index in [-0.39, 0.29) is 0 Å². The maximum atomic E-state index is 4.58. The van der Waals surface area contributed by atoms with Gasteiger partial charge < -0.3 is 5.32 Å². The van der Waals surface area contributed by atoms with E-state index in [1.54, 1.807) is 11.3 Å². The predicted molar refractivity (Wildman–Crippen MR) is 65.4 cm³/mol. The molecule has 2 rings (SSSR count). The van der Waals surface area contributed by atoms with Gasteiger partial charge in [-0.2, -0.15) is 0 Å². The van der Waals surface area contributed by atoms with Crippen LogP contribution in [0.4, 0.5) is 0 Å². The summed E-state index contributed by atoms with van der Waals surface area (Å²) < 4.78 is 0. The normalized spacial score (nSPS) is 26.4. The maximum Gasteiger partial charge on any atom is 0.0897 e. The maximum absolute atomic E-state index is 4.58. The lowest BCUT2D eigenvalue weighted by atomic mass is 9.81. The van der Waals surface area contributed by atoms with Crippen LogP contribution in [0.25, 0.3) is 0 Å². The zero-order chi connectivity index (χ0) is 10.9. The quantitative estimate of drug-likeness (QED) is 0.854. The average Bonchev–Trinajstić information content (AvgIpc) is 2.77. The first kappa shape index (κ1) is 11.1. The molecule has 1 atom stereocenters. The summed E-state index contributed by atoms with van der Waals surface area (Å²) in [6.07, 6.45) is 3.69. The van der Waals surface area contributed by atoms with Crippen molar-refractivity contribution >= 4 is 11.3 Å². The Labute approximate surface area is 96.1 Å². The molecule has 1 fully saturated rings. The van der Waals surface area contributed by atoms with Crippen molar-refractivity contribution in [2.75, 3.05) is 6.54 Å². The SMILES string of the molecule is Cc1nc(CC2(C(C)C)CCCN2)cs1. The van der Waals surface area contributed by atoms with Crippen molar-refractivity contribution in [2.45, 2.75) is 45.6 Å². The second-order valence-electron chi connectivity index (χ2n) is 4.88. The molecule has 1 aliphatic rings. The molecule has 0 spiro atoms. The first-order valence-corrected chi connectivity index (χ1v) is 6.66. The van der Waals surface area contributed by atoms with Gasteiger partial charge in [0, 0.05) is 17.3 Å². The summed E-state index contributed by atoms with van der Waals surface area (Å²) in [4.78, 5) is 4.58. The zero-order valence-corrected chi connectivity index (χ0v) is 10.7. The van der Waals surface area contributed by atoms with Gasteiger partial charge in [0.05, 0.1) is 10.7 Å². The lowest BCUT2D eigenvalue weighted by Crippen LogP contribution is -2.46. The minimum atomic E-state index is 0.306. The summed E-state index contributed by atoms with van der Waals surface area (Å²) in [6, 6.07) is 0. The van der Waals surface area contributed by atoms with Crippen LogP contribution in [0.2, 0.25) is 0 Å². The van der Waals surface area contributed by atoms with Crippen LogP contribution in [-0.4, -0.2) is 17.1 Å². The lowest BCUT2D eigenvalue weighted by molar-refractivity contribution is 0.267. The highest BCUT2D eigenvalue weighted by Gasteiger charge is 2.36. The third-order valence-electron chi connectivity index (χ3n) is 3.55. The first-order chi connectivity index (χ1) is 7.12. The van der Waals surface area contributed by atoms with Gasteiger partial charge >= 0.3 is 0 Å². The largest absolute Gasteiger partial charge is 0.311 e. The molecule has 3 heteroatoms. The van der Waals surface area contributed by atoms with Crippen LogP contribution in [0.15, 0.2) is 5.38 Å². The molecule has 84 valence electrons. The van der Waals surface area contributed by atoms with E-state index >= 15 is 0 Å². The van der Waals surface area contributed by atoms with Crippen LogP contribution in [0.5, 0.6) is 0 Å². The van der Waals surface area contributed by atoms with Crippen molar-refractivity contribution in [1.82, 2.24) is 10.3 Å².